The second-order valence-electron chi connectivity index (χ2n) is 12.6. The van der Waals surface area contributed by atoms with Crippen molar-refractivity contribution in [1.82, 2.24) is 10.6 Å². The van der Waals surface area contributed by atoms with Gasteiger partial charge >= 0.3 is 0 Å². The lowest BCUT2D eigenvalue weighted by Crippen LogP contribution is -2.36. The van der Waals surface area contributed by atoms with E-state index in [0.29, 0.717) is 0 Å². The number of hydrogen-bond acceptors (Lipinski definition) is 5. The van der Waals surface area contributed by atoms with Gasteiger partial charge in [0.1, 0.15) is 29.1 Å². The smallest absolute Gasteiger partial charge is 0.169 e. The molecule has 7 aromatic carbocycles. The van der Waals surface area contributed by atoms with Crippen molar-refractivity contribution in [3.8, 4) is 0 Å². The zero-order valence-corrected chi connectivity index (χ0v) is 26.5. The molecule has 2 aliphatic rings. The zero-order valence-electron chi connectivity index (χ0n) is 26.5. The molecule has 232 valence electrons. The normalized spacial score (nSPS) is 17.1. The number of furan rings is 1. The maximum Gasteiger partial charge on any atom is 0.169 e. The van der Waals surface area contributed by atoms with Gasteiger partial charge in [-0.15, -0.1) is 0 Å². The minimum atomic E-state index is -0.380. The Morgan fingerprint density at radius 2 is 1.29 bits per heavy atom. The van der Waals surface area contributed by atoms with E-state index in [-0.39, 0.29) is 12.2 Å². The van der Waals surface area contributed by atoms with Crippen LogP contribution in [0.5, 0.6) is 0 Å². The number of rotatable bonds is 4. The molecule has 10 rings (SSSR count). The van der Waals surface area contributed by atoms with Crippen LogP contribution >= 0.6 is 0 Å². The number of fused-ring (bicyclic) bond motifs is 8. The highest BCUT2D eigenvalue weighted by molar-refractivity contribution is 6.21. The van der Waals surface area contributed by atoms with Gasteiger partial charge in [-0.1, -0.05) is 133 Å². The first-order valence-electron chi connectivity index (χ1n) is 16.6. The van der Waals surface area contributed by atoms with Crippen LogP contribution in [0.2, 0.25) is 0 Å². The summed E-state index contributed by atoms with van der Waals surface area (Å²) in [5, 5.41) is 15.7. The third-order valence-corrected chi connectivity index (χ3v) is 9.81. The van der Waals surface area contributed by atoms with Crippen LogP contribution in [0.25, 0.3) is 49.4 Å². The molecule has 2 atom stereocenters. The van der Waals surface area contributed by atoms with Crippen molar-refractivity contribution in [1.29, 1.82) is 0 Å². The van der Waals surface area contributed by atoms with Crippen LogP contribution in [-0.2, 0) is 0 Å². The van der Waals surface area contributed by atoms with E-state index >= 15 is 0 Å². The number of aliphatic imine (C=N–C) groups is 2. The van der Waals surface area contributed by atoms with Crippen molar-refractivity contribution < 1.29 is 4.42 Å². The largest absolute Gasteiger partial charge is 0.458 e. The molecule has 8 aromatic rings. The number of benzene rings is 7. The third-order valence-electron chi connectivity index (χ3n) is 9.81. The van der Waals surface area contributed by atoms with Crippen LogP contribution in [0.15, 0.2) is 166 Å². The highest BCUT2D eigenvalue weighted by atomic mass is 16.3. The van der Waals surface area contributed by atoms with Crippen LogP contribution in [0, 0.1) is 0 Å². The van der Waals surface area contributed by atoms with Gasteiger partial charge in [0.25, 0.3) is 0 Å². The van der Waals surface area contributed by atoms with Gasteiger partial charge in [-0.2, -0.15) is 0 Å². The quantitative estimate of drug-likeness (QED) is 0.190. The molecule has 0 aliphatic carbocycles. The lowest BCUT2D eigenvalue weighted by Gasteiger charge is -2.24. The first-order valence-corrected chi connectivity index (χ1v) is 16.6. The lowest BCUT2D eigenvalue weighted by atomic mass is 9.88. The van der Waals surface area contributed by atoms with E-state index in [9.17, 15) is 0 Å². The summed E-state index contributed by atoms with van der Waals surface area (Å²) in [6.45, 7) is 0. The fourth-order valence-corrected chi connectivity index (χ4v) is 7.53. The highest BCUT2D eigenvalue weighted by Gasteiger charge is 2.30. The molecule has 2 unspecified atom stereocenters. The molecule has 3 heterocycles. The fourth-order valence-electron chi connectivity index (χ4n) is 7.53. The first-order chi connectivity index (χ1) is 24.3. The second-order valence-corrected chi connectivity index (χ2v) is 12.6. The predicted molar refractivity (Wildman–Crippen MR) is 201 cm³/mol. The van der Waals surface area contributed by atoms with Crippen LogP contribution in [-0.4, -0.2) is 11.7 Å². The van der Waals surface area contributed by atoms with Gasteiger partial charge in [0.15, 0.2) is 6.17 Å². The van der Waals surface area contributed by atoms with E-state index in [0.717, 1.165) is 50.7 Å². The van der Waals surface area contributed by atoms with Crippen molar-refractivity contribution in [2.75, 3.05) is 0 Å². The summed E-state index contributed by atoms with van der Waals surface area (Å²) in [6, 6.07) is 50.7. The lowest BCUT2D eigenvalue weighted by molar-refractivity contribution is 0.497. The number of amidine groups is 2. The second kappa shape index (κ2) is 11.1. The summed E-state index contributed by atoms with van der Waals surface area (Å²) in [4.78, 5) is 10.2. The fraction of sp³-hybridized carbons (Fsp3) is 0.0455. The Bertz CT molecular complexity index is 2670. The van der Waals surface area contributed by atoms with Crippen molar-refractivity contribution in [3.63, 3.8) is 0 Å². The summed E-state index contributed by atoms with van der Waals surface area (Å²) in [5.74, 6) is 2.45. The van der Waals surface area contributed by atoms with E-state index in [1.165, 1.54) is 37.9 Å². The molecule has 0 amide bonds. The minimum absolute atomic E-state index is 0.187. The average molecular weight is 631 g/mol. The molecule has 0 radical (unpaired) electrons. The Balaban J connectivity index is 1.16. The maximum absolute atomic E-state index is 6.83. The van der Waals surface area contributed by atoms with Crippen LogP contribution in [0.1, 0.15) is 45.8 Å². The standard InChI is InChI=1S/C44H30N4O/c1-3-13-28(14-4-1)42-46-43(29-15-5-2-6-16-29)48-44(47-42)35-20-11-21-38-39(35)34-24-25-45-40(41(34)49-38)37-26-36-30-17-8-7-12-27(30)22-23-33(36)31-18-9-10-19-32(31)37/h1-26,40,42,45H,(H,46,47,48). The molecule has 0 spiro atoms. The molecule has 0 fully saturated rings. The summed E-state index contributed by atoms with van der Waals surface area (Å²) < 4.78 is 6.83. The molecule has 0 bridgehead atoms. The summed E-state index contributed by atoms with van der Waals surface area (Å²) in [6.07, 6.45) is 3.80. The molecular weight excluding hydrogens is 601 g/mol. The summed E-state index contributed by atoms with van der Waals surface area (Å²) in [5.41, 5.74) is 6.09. The molecular formula is C44H30N4O. The van der Waals surface area contributed by atoms with Crippen LogP contribution in [0.4, 0.5) is 0 Å². The van der Waals surface area contributed by atoms with E-state index in [4.69, 9.17) is 14.4 Å². The Kier molecular flexibility index (Phi) is 6.24. The van der Waals surface area contributed by atoms with E-state index in [1.807, 2.05) is 42.5 Å². The average Bonchev–Trinajstić information content (AvgIpc) is 3.57. The van der Waals surface area contributed by atoms with Gasteiger partial charge in [0.05, 0.1) is 0 Å². The molecule has 5 heteroatoms. The molecule has 1 aromatic heterocycles. The molecule has 49 heavy (non-hydrogen) atoms. The van der Waals surface area contributed by atoms with Gasteiger partial charge in [-0.25, -0.2) is 9.98 Å². The molecule has 0 saturated heterocycles. The Morgan fingerprint density at radius 3 is 2.14 bits per heavy atom. The number of nitrogens with zero attached hydrogens (tertiary/aromatic N) is 2. The Morgan fingerprint density at radius 1 is 0.571 bits per heavy atom. The van der Waals surface area contributed by atoms with Crippen molar-refractivity contribution in [2.24, 2.45) is 9.98 Å². The van der Waals surface area contributed by atoms with Crippen LogP contribution in [0.3, 0.4) is 0 Å². The third kappa shape index (κ3) is 4.47. The van der Waals surface area contributed by atoms with Gasteiger partial charge in [0.2, 0.25) is 0 Å². The zero-order chi connectivity index (χ0) is 32.3. The topological polar surface area (TPSA) is 61.9 Å². The van der Waals surface area contributed by atoms with Crippen molar-refractivity contribution in [3.05, 3.63) is 185 Å². The summed E-state index contributed by atoms with van der Waals surface area (Å²) in [7, 11) is 0. The number of hydrogen-bond donors (Lipinski definition) is 2. The Labute approximate surface area is 283 Å². The van der Waals surface area contributed by atoms with Gasteiger partial charge in [0, 0.05) is 22.1 Å². The molecule has 2 N–H and O–H groups in total. The molecule has 0 saturated carbocycles. The van der Waals surface area contributed by atoms with E-state index in [1.54, 1.807) is 0 Å². The molecule has 2 aliphatic heterocycles. The van der Waals surface area contributed by atoms with E-state index in [2.05, 4.69) is 126 Å². The summed E-state index contributed by atoms with van der Waals surface area (Å²) >= 11 is 0. The van der Waals surface area contributed by atoms with Gasteiger partial charge < -0.3 is 15.1 Å². The molecule has 5 nitrogen and oxygen atoms in total. The SMILES string of the molecule is C1=Cc2c(oc3cccc(C4=NC(c5ccccc5)N=C(c5ccccc5)N4)c23)C(c2cc3c4ccccc4ccc3c3ccccc23)N1. The van der Waals surface area contributed by atoms with Gasteiger partial charge in [-0.05, 0) is 67.9 Å². The van der Waals surface area contributed by atoms with Crippen molar-refractivity contribution >= 4 is 61.0 Å². The minimum Gasteiger partial charge on any atom is -0.458 e. The van der Waals surface area contributed by atoms with Crippen molar-refractivity contribution in [2.45, 2.75) is 12.2 Å². The monoisotopic (exact) mass is 630 g/mol. The maximum atomic E-state index is 6.83. The highest BCUT2D eigenvalue weighted by Crippen LogP contribution is 2.43. The Hall–Kier alpha value is -6.46. The first kappa shape index (κ1) is 27.6. The van der Waals surface area contributed by atoms with E-state index < -0.39 is 0 Å². The van der Waals surface area contributed by atoms with Crippen LogP contribution < -0.4 is 10.6 Å². The predicted octanol–water partition coefficient (Wildman–Crippen LogP) is 10.1. The number of nitrogens with one attached hydrogen (secondary N) is 2. The van der Waals surface area contributed by atoms with Gasteiger partial charge in [-0.3, -0.25) is 0 Å².